The summed E-state index contributed by atoms with van der Waals surface area (Å²) in [6, 6.07) is 11.5. The van der Waals surface area contributed by atoms with E-state index in [1.165, 1.54) is 49.6 Å². The third-order valence-corrected chi connectivity index (χ3v) is 4.53. The molecule has 0 aliphatic heterocycles. The summed E-state index contributed by atoms with van der Waals surface area (Å²) in [5, 5.41) is 5.25. The summed E-state index contributed by atoms with van der Waals surface area (Å²) in [5.74, 6) is -2.61. The van der Waals surface area contributed by atoms with Crippen LogP contribution in [0.1, 0.15) is 20.7 Å². The van der Waals surface area contributed by atoms with Gasteiger partial charge in [0, 0.05) is 15.6 Å². The number of ether oxygens (including phenoxy) is 1. The molecule has 9 heteroatoms. The number of anilines is 2. The SMILES string of the molecule is COc1ccc(C(=O)Nc2cc(Cl)ccc2F)cc1C(=O)Nc1cc(Cl)ccc1F. The Morgan fingerprint density at radius 2 is 1.33 bits per heavy atom. The zero-order valence-electron chi connectivity index (χ0n) is 15.4. The van der Waals surface area contributed by atoms with Crippen molar-refractivity contribution in [1.82, 2.24) is 0 Å². The Morgan fingerprint density at radius 1 is 0.800 bits per heavy atom. The standard InChI is InChI=1S/C21H14Cl2F2N2O3/c1-30-19-7-2-11(20(28)26-17-9-12(22)3-5-15(17)24)8-14(19)21(29)27-18-10-13(23)4-6-16(18)25/h2-10H,1H3,(H,26,28)(H,27,29). The Kier molecular flexibility index (Phi) is 6.54. The van der Waals surface area contributed by atoms with Crippen molar-refractivity contribution >= 4 is 46.4 Å². The number of nitrogens with one attached hydrogen (secondary N) is 2. The highest BCUT2D eigenvalue weighted by Gasteiger charge is 2.18. The predicted octanol–water partition coefficient (Wildman–Crippen LogP) is 5.78. The van der Waals surface area contributed by atoms with E-state index in [2.05, 4.69) is 10.6 Å². The van der Waals surface area contributed by atoms with Crippen LogP contribution in [0, 0.1) is 11.6 Å². The van der Waals surface area contributed by atoms with Crippen molar-refractivity contribution in [2.45, 2.75) is 0 Å². The van der Waals surface area contributed by atoms with E-state index in [9.17, 15) is 18.4 Å². The number of hydrogen-bond acceptors (Lipinski definition) is 3. The number of benzene rings is 3. The molecular weight excluding hydrogens is 437 g/mol. The topological polar surface area (TPSA) is 67.4 Å². The first kappa shape index (κ1) is 21.5. The number of halogens is 4. The summed E-state index contributed by atoms with van der Waals surface area (Å²) >= 11 is 11.7. The van der Waals surface area contributed by atoms with Gasteiger partial charge in [0.05, 0.1) is 24.0 Å². The molecule has 0 saturated carbocycles. The van der Waals surface area contributed by atoms with Crippen LogP contribution >= 0.6 is 23.2 Å². The van der Waals surface area contributed by atoms with E-state index >= 15 is 0 Å². The first-order valence-electron chi connectivity index (χ1n) is 8.49. The van der Waals surface area contributed by atoms with Gasteiger partial charge in [0.15, 0.2) is 0 Å². The molecular formula is C21H14Cl2F2N2O3. The zero-order chi connectivity index (χ0) is 21.8. The third kappa shape index (κ3) is 4.87. The zero-order valence-corrected chi connectivity index (χ0v) is 16.9. The van der Waals surface area contributed by atoms with Crippen molar-refractivity contribution in [2.75, 3.05) is 17.7 Å². The Hall–Kier alpha value is -3.16. The fourth-order valence-corrected chi connectivity index (χ4v) is 2.94. The van der Waals surface area contributed by atoms with Crippen LogP contribution in [0.25, 0.3) is 0 Å². The molecule has 3 rings (SSSR count). The van der Waals surface area contributed by atoms with Crippen LogP contribution in [0.3, 0.4) is 0 Å². The van der Waals surface area contributed by atoms with Gasteiger partial charge < -0.3 is 15.4 Å². The fraction of sp³-hybridized carbons (Fsp3) is 0.0476. The van der Waals surface area contributed by atoms with Gasteiger partial charge in [-0.2, -0.15) is 0 Å². The van der Waals surface area contributed by atoms with Gasteiger partial charge in [0.1, 0.15) is 17.4 Å². The second-order valence-electron chi connectivity index (χ2n) is 6.07. The highest BCUT2D eigenvalue weighted by atomic mass is 35.5. The molecule has 0 spiro atoms. The van der Waals surface area contributed by atoms with Crippen LogP contribution in [0.4, 0.5) is 20.2 Å². The molecule has 30 heavy (non-hydrogen) atoms. The van der Waals surface area contributed by atoms with Crippen molar-refractivity contribution < 1.29 is 23.1 Å². The number of carbonyl (C=O) groups excluding carboxylic acids is 2. The van der Waals surface area contributed by atoms with Crippen molar-refractivity contribution in [3.63, 3.8) is 0 Å². The lowest BCUT2D eigenvalue weighted by molar-refractivity contribution is 0.102. The lowest BCUT2D eigenvalue weighted by Gasteiger charge is -2.12. The first-order chi connectivity index (χ1) is 14.3. The van der Waals surface area contributed by atoms with Crippen LogP contribution < -0.4 is 15.4 Å². The molecule has 5 nitrogen and oxygen atoms in total. The van der Waals surface area contributed by atoms with Crippen LogP contribution in [0.2, 0.25) is 10.0 Å². The molecule has 0 aromatic heterocycles. The van der Waals surface area contributed by atoms with Gasteiger partial charge in [-0.25, -0.2) is 8.78 Å². The summed E-state index contributed by atoms with van der Waals surface area (Å²) in [6.07, 6.45) is 0. The monoisotopic (exact) mass is 450 g/mol. The maximum atomic E-state index is 13.9. The molecule has 3 aromatic carbocycles. The molecule has 2 N–H and O–H groups in total. The fourth-order valence-electron chi connectivity index (χ4n) is 2.60. The summed E-state index contributed by atoms with van der Waals surface area (Å²) < 4.78 is 33.0. The molecule has 0 atom stereocenters. The Bertz CT molecular complexity index is 1140. The van der Waals surface area contributed by atoms with Gasteiger partial charge in [-0.1, -0.05) is 23.2 Å². The second kappa shape index (κ2) is 9.11. The summed E-state index contributed by atoms with van der Waals surface area (Å²) in [7, 11) is 1.34. The maximum Gasteiger partial charge on any atom is 0.259 e. The number of amides is 2. The normalized spacial score (nSPS) is 10.4. The van der Waals surface area contributed by atoms with Crippen molar-refractivity contribution in [2.24, 2.45) is 0 Å². The summed E-state index contributed by atoms with van der Waals surface area (Å²) in [6.45, 7) is 0. The number of methoxy groups -OCH3 is 1. The van der Waals surface area contributed by atoms with E-state index < -0.39 is 23.4 Å². The highest BCUT2D eigenvalue weighted by Crippen LogP contribution is 2.25. The van der Waals surface area contributed by atoms with Crippen LogP contribution in [-0.2, 0) is 0 Å². The lowest BCUT2D eigenvalue weighted by Crippen LogP contribution is -2.17. The van der Waals surface area contributed by atoms with Crippen LogP contribution in [0.5, 0.6) is 5.75 Å². The van der Waals surface area contributed by atoms with Crippen molar-refractivity contribution in [1.29, 1.82) is 0 Å². The molecule has 2 amide bonds. The van der Waals surface area contributed by atoms with Crippen LogP contribution in [0.15, 0.2) is 54.6 Å². The van der Waals surface area contributed by atoms with E-state index in [1.807, 2.05) is 0 Å². The predicted molar refractivity (Wildman–Crippen MR) is 112 cm³/mol. The molecule has 0 bridgehead atoms. The second-order valence-corrected chi connectivity index (χ2v) is 6.94. The number of carbonyl (C=O) groups is 2. The smallest absolute Gasteiger partial charge is 0.259 e. The van der Waals surface area contributed by atoms with E-state index in [4.69, 9.17) is 27.9 Å². The van der Waals surface area contributed by atoms with Crippen molar-refractivity contribution in [3.8, 4) is 5.75 Å². The van der Waals surface area contributed by atoms with Gasteiger partial charge >= 0.3 is 0 Å². The minimum absolute atomic E-state index is 0.0314. The highest BCUT2D eigenvalue weighted by molar-refractivity contribution is 6.31. The van der Waals surface area contributed by atoms with Gasteiger partial charge in [-0.05, 0) is 54.6 Å². The van der Waals surface area contributed by atoms with Crippen LogP contribution in [-0.4, -0.2) is 18.9 Å². The van der Waals surface area contributed by atoms with Gasteiger partial charge in [-0.3, -0.25) is 9.59 Å². The molecule has 0 aliphatic rings. The third-order valence-electron chi connectivity index (χ3n) is 4.06. The van der Waals surface area contributed by atoms with Gasteiger partial charge in [0.2, 0.25) is 0 Å². The summed E-state index contributed by atoms with van der Waals surface area (Å²) in [5.41, 5.74) is -0.233. The van der Waals surface area contributed by atoms with E-state index in [-0.39, 0.29) is 38.3 Å². The average Bonchev–Trinajstić information content (AvgIpc) is 2.72. The molecule has 0 aliphatic carbocycles. The largest absolute Gasteiger partial charge is 0.496 e. The molecule has 0 radical (unpaired) electrons. The quantitative estimate of drug-likeness (QED) is 0.517. The molecule has 3 aromatic rings. The Morgan fingerprint density at radius 3 is 1.87 bits per heavy atom. The summed E-state index contributed by atoms with van der Waals surface area (Å²) in [4.78, 5) is 25.2. The molecule has 0 unspecified atom stereocenters. The Labute approximate surface area is 180 Å². The molecule has 154 valence electrons. The van der Waals surface area contributed by atoms with E-state index in [0.717, 1.165) is 12.1 Å². The number of hydrogen-bond donors (Lipinski definition) is 2. The van der Waals surface area contributed by atoms with E-state index in [0.29, 0.717) is 0 Å². The van der Waals surface area contributed by atoms with E-state index in [1.54, 1.807) is 0 Å². The Balaban J connectivity index is 1.89. The minimum atomic E-state index is -0.725. The van der Waals surface area contributed by atoms with Crippen molar-refractivity contribution in [3.05, 3.63) is 87.4 Å². The molecule has 0 fully saturated rings. The lowest BCUT2D eigenvalue weighted by atomic mass is 10.1. The van der Waals surface area contributed by atoms with Gasteiger partial charge in [-0.15, -0.1) is 0 Å². The van der Waals surface area contributed by atoms with Gasteiger partial charge in [0.25, 0.3) is 11.8 Å². The average molecular weight is 451 g/mol. The maximum absolute atomic E-state index is 13.9. The molecule has 0 heterocycles. The number of rotatable bonds is 5. The minimum Gasteiger partial charge on any atom is -0.496 e. The molecule has 0 saturated heterocycles. The first-order valence-corrected chi connectivity index (χ1v) is 9.25.